The number of benzene rings is 1. The topological polar surface area (TPSA) is 33.2 Å². The van der Waals surface area contributed by atoms with Crippen LogP contribution in [0.25, 0.3) is 0 Å². The molecule has 0 radical (unpaired) electrons. The maximum Gasteiger partial charge on any atom is 0.233 e. The molecule has 0 saturated carbocycles. The Kier molecular flexibility index (Phi) is 4.63. The molecule has 5 heteroatoms. The smallest absolute Gasteiger partial charge is 0.233 e. The first kappa shape index (κ1) is 13.7. The number of amides is 1. The number of carbonyl (C=O) groups excluding carboxylic acids is 1. The standard InChI is InChI=1S/C14H15FN2OS/c1-2-3-4-13(18)17(14-16-9-10-19-14)12-7-5-11(15)6-8-12/h5-10H,2-4H2,1H3. The molecule has 0 spiro atoms. The Morgan fingerprint density at radius 2 is 2.11 bits per heavy atom. The molecule has 0 fully saturated rings. The predicted octanol–water partition coefficient (Wildman–Crippen LogP) is 4.14. The zero-order valence-corrected chi connectivity index (χ0v) is 11.5. The van der Waals surface area contributed by atoms with Gasteiger partial charge in [0.15, 0.2) is 5.13 Å². The lowest BCUT2D eigenvalue weighted by Crippen LogP contribution is -2.25. The normalized spacial score (nSPS) is 10.4. The molecule has 0 atom stereocenters. The molecule has 0 aliphatic heterocycles. The maximum atomic E-state index is 13.0. The fourth-order valence-corrected chi connectivity index (χ4v) is 2.40. The van der Waals surface area contributed by atoms with Crippen LogP contribution in [0, 0.1) is 5.82 Å². The van der Waals surface area contributed by atoms with E-state index < -0.39 is 0 Å². The Morgan fingerprint density at radius 1 is 1.37 bits per heavy atom. The van der Waals surface area contributed by atoms with Crippen molar-refractivity contribution in [3.8, 4) is 0 Å². The molecule has 2 rings (SSSR count). The van der Waals surface area contributed by atoms with Crippen LogP contribution in [0.3, 0.4) is 0 Å². The van der Waals surface area contributed by atoms with Gasteiger partial charge in [0.2, 0.25) is 5.91 Å². The molecule has 0 bridgehead atoms. The number of anilines is 2. The van der Waals surface area contributed by atoms with Crippen LogP contribution in [-0.4, -0.2) is 10.9 Å². The lowest BCUT2D eigenvalue weighted by Gasteiger charge is -2.19. The van der Waals surface area contributed by atoms with E-state index in [0.717, 1.165) is 12.8 Å². The summed E-state index contributed by atoms with van der Waals surface area (Å²) >= 11 is 1.39. The lowest BCUT2D eigenvalue weighted by atomic mass is 10.2. The van der Waals surface area contributed by atoms with Gasteiger partial charge in [0.05, 0.1) is 5.69 Å². The average molecular weight is 278 g/mol. The third kappa shape index (κ3) is 3.38. The molecular formula is C14H15FN2OS. The molecule has 2 aromatic rings. The van der Waals surface area contributed by atoms with Gasteiger partial charge in [0.25, 0.3) is 0 Å². The van der Waals surface area contributed by atoms with Gasteiger partial charge >= 0.3 is 0 Å². The maximum absolute atomic E-state index is 13.0. The minimum Gasteiger partial charge on any atom is -0.274 e. The second kappa shape index (κ2) is 6.43. The summed E-state index contributed by atoms with van der Waals surface area (Å²) in [7, 11) is 0. The van der Waals surface area contributed by atoms with Crippen molar-refractivity contribution in [2.24, 2.45) is 0 Å². The first-order valence-corrected chi connectivity index (χ1v) is 7.08. The Labute approximate surface area is 115 Å². The van der Waals surface area contributed by atoms with Crippen LogP contribution >= 0.6 is 11.3 Å². The molecule has 0 N–H and O–H groups in total. The quantitative estimate of drug-likeness (QED) is 0.823. The number of hydrogen-bond acceptors (Lipinski definition) is 3. The van der Waals surface area contributed by atoms with E-state index in [-0.39, 0.29) is 11.7 Å². The molecule has 0 aliphatic rings. The van der Waals surface area contributed by atoms with Gasteiger partial charge in [-0.3, -0.25) is 9.69 Å². The van der Waals surface area contributed by atoms with E-state index in [1.807, 2.05) is 12.3 Å². The minimum atomic E-state index is -0.316. The summed E-state index contributed by atoms with van der Waals surface area (Å²) < 4.78 is 13.0. The molecule has 0 unspecified atom stereocenters. The molecule has 1 amide bonds. The third-order valence-electron chi connectivity index (χ3n) is 2.69. The van der Waals surface area contributed by atoms with Gasteiger partial charge in [-0.15, -0.1) is 11.3 Å². The van der Waals surface area contributed by atoms with E-state index in [9.17, 15) is 9.18 Å². The van der Waals surface area contributed by atoms with Crippen LogP contribution in [0.1, 0.15) is 26.2 Å². The summed E-state index contributed by atoms with van der Waals surface area (Å²) in [5.41, 5.74) is 0.650. The zero-order valence-electron chi connectivity index (χ0n) is 10.7. The van der Waals surface area contributed by atoms with Gasteiger partial charge < -0.3 is 0 Å². The van der Waals surface area contributed by atoms with Crippen LogP contribution in [0.5, 0.6) is 0 Å². The largest absolute Gasteiger partial charge is 0.274 e. The fraction of sp³-hybridized carbons (Fsp3) is 0.286. The van der Waals surface area contributed by atoms with E-state index in [1.165, 1.54) is 23.5 Å². The molecule has 19 heavy (non-hydrogen) atoms. The van der Waals surface area contributed by atoms with E-state index in [2.05, 4.69) is 4.98 Å². The van der Waals surface area contributed by atoms with E-state index in [1.54, 1.807) is 23.2 Å². The minimum absolute atomic E-state index is 0.0107. The van der Waals surface area contributed by atoms with Crippen LogP contribution in [0.2, 0.25) is 0 Å². The summed E-state index contributed by atoms with van der Waals surface area (Å²) in [4.78, 5) is 18.0. The average Bonchev–Trinajstić information content (AvgIpc) is 2.93. The predicted molar refractivity (Wildman–Crippen MR) is 75.2 cm³/mol. The number of thiazole rings is 1. The van der Waals surface area contributed by atoms with Crippen LogP contribution in [0.4, 0.5) is 15.2 Å². The lowest BCUT2D eigenvalue weighted by molar-refractivity contribution is -0.118. The Bertz CT molecular complexity index is 525. The molecule has 0 aliphatic carbocycles. The number of hydrogen-bond donors (Lipinski definition) is 0. The van der Waals surface area contributed by atoms with Crippen LogP contribution < -0.4 is 4.90 Å². The second-order valence-electron chi connectivity index (χ2n) is 4.12. The van der Waals surface area contributed by atoms with Gasteiger partial charge in [-0.2, -0.15) is 0 Å². The van der Waals surface area contributed by atoms with E-state index >= 15 is 0 Å². The van der Waals surface area contributed by atoms with Gasteiger partial charge in [0.1, 0.15) is 5.82 Å². The highest BCUT2D eigenvalue weighted by atomic mass is 32.1. The second-order valence-corrected chi connectivity index (χ2v) is 5.00. The molecule has 0 saturated heterocycles. The highest BCUT2D eigenvalue weighted by Crippen LogP contribution is 2.28. The number of carbonyl (C=O) groups is 1. The van der Waals surface area contributed by atoms with Gasteiger partial charge in [0, 0.05) is 18.0 Å². The van der Waals surface area contributed by atoms with Crippen molar-refractivity contribution in [3.05, 3.63) is 41.7 Å². The molecular weight excluding hydrogens is 263 g/mol. The summed E-state index contributed by atoms with van der Waals surface area (Å²) in [5, 5.41) is 2.44. The van der Waals surface area contributed by atoms with Crippen LogP contribution in [-0.2, 0) is 4.79 Å². The number of aromatic nitrogens is 1. The third-order valence-corrected chi connectivity index (χ3v) is 3.45. The summed E-state index contributed by atoms with van der Waals surface area (Å²) in [6.07, 6.45) is 3.92. The molecule has 100 valence electrons. The van der Waals surface area contributed by atoms with E-state index in [4.69, 9.17) is 0 Å². The van der Waals surface area contributed by atoms with Crippen molar-refractivity contribution in [1.29, 1.82) is 0 Å². The van der Waals surface area contributed by atoms with Crippen molar-refractivity contribution >= 4 is 28.1 Å². The van der Waals surface area contributed by atoms with Crippen molar-refractivity contribution < 1.29 is 9.18 Å². The van der Waals surface area contributed by atoms with Gasteiger partial charge in [-0.1, -0.05) is 13.3 Å². The van der Waals surface area contributed by atoms with Crippen molar-refractivity contribution in [3.63, 3.8) is 0 Å². The number of unbranched alkanes of at least 4 members (excludes halogenated alkanes) is 1. The highest BCUT2D eigenvalue weighted by molar-refractivity contribution is 7.13. The summed E-state index contributed by atoms with van der Waals surface area (Å²) in [5.74, 6) is -0.327. The number of halogens is 1. The van der Waals surface area contributed by atoms with Crippen molar-refractivity contribution in [2.45, 2.75) is 26.2 Å². The number of rotatable bonds is 5. The number of nitrogens with zero attached hydrogens (tertiary/aromatic N) is 2. The first-order valence-electron chi connectivity index (χ1n) is 6.20. The first-order chi connectivity index (χ1) is 9.22. The fourth-order valence-electron chi connectivity index (χ4n) is 1.72. The van der Waals surface area contributed by atoms with Crippen molar-refractivity contribution in [1.82, 2.24) is 4.98 Å². The summed E-state index contributed by atoms with van der Waals surface area (Å²) in [6, 6.07) is 5.90. The van der Waals surface area contributed by atoms with E-state index in [0.29, 0.717) is 17.2 Å². The van der Waals surface area contributed by atoms with Crippen LogP contribution in [0.15, 0.2) is 35.8 Å². The van der Waals surface area contributed by atoms with Crippen molar-refractivity contribution in [2.75, 3.05) is 4.90 Å². The molecule has 1 aromatic heterocycles. The Hall–Kier alpha value is -1.75. The highest BCUT2D eigenvalue weighted by Gasteiger charge is 2.19. The molecule has 3 nitrogen and oxygen atoms in total. The molecule has 1 aromatic carbocycles. The molecule has 1 heterocycles. The van der Waals surface area contributed by atoms with Gasteiger partial charge in [-0.05, 0) is 30.7 Å². The van der Waals surface area contributed by atoms with Gasteiger partial charge in [-0.25, -0.2) is 9.37 Å². The Balaban J connectivity index is 2.29. The Morgan fingerprint density at radius 3 is 2.68 bits per heavy atom. The zero-order chi connectivity index (χ0) is 13.7. The SMILES string of the molecule is CCCCC(=O)N(c1ccc(F)cc1)c1nccs1. The monoisotopic (exact) mass is 278 g/mol. The summed E-state index contributed by atoms with van der Waals surface area (Å²) in [6.45, 7) is 2.04.